The first-order valence-electron chi connectivity index (χ1n) is 8.72. The fourth-order valence-electron chi connectivity index (χ4n) is 2.98. The number of aromatic nitrogens is 2. The number of carbonyl (C=O) groups is 1. The van der Waals surface area contributed by atoms with Gasteiger partial charge in [0.15, 0.2) is 0 Å². The summed E-state index contributed by atoms with van der Waals surface area (Å²) in [7, 11) is 2.02. The molecule has 3 rings (SSSR count). The van der Waals surface area contributed by atoms with Gasteiger partial charge in [0.2, 0.25) is 0 Å². The van der Waals surface area contributed by atoms with E-state index < -0.39 is 5.60 Å². The Labute approximate surface area is 152 Å². The van der Waals surface area contributed by atoms with Crippen LogP contribution in [0.1, 0.15) is 32.5 Å². The fraction of sp³-hybridized carbons (Fsp3) is 0.474. The van der Waals surface area contributed by atoms with E-state index in [9.17, 15) is 9.18 Å². The van der Waals surface area contributed by atoms with Gasteiger partial charge < -0.3 is 9.64 Å². The number of amides is 1. The second-order valence-corrected chi connectivity index (χ2v) is 7.64. The number of ether oxygens (including phenoxy) is 1. The quantitative estimate of drug-likeness (QED) is 0.891. The maximum Gasteiger partial charge on any atom is 0.410 e. The van der Waals surface area contributed by atoms with Crippen LogP contribution in [0.3, 0.4) is 0 Å². The number of aromatic amines is 1. The predicted octanol–water partition coefficient (Wildman–Crippen LogP) is 3.44. The summed E-state index contributed by atoms with van der Waals surface area (Å²) in [5.41, 5.74) is 2.00. The van der Waals surface area contributed by atoms with Gasteiger partial charge in [0.1, 0.15) is 11.4 Å². The van der Waals surface area contributed by atoms with Crippen molar-refractivity contribution in [1.29, 1.82) is 0 Å². The Bertz CT molecular complexity index is 767. The number of benzene rings is 1. The Morgan fingerprint density at radius 2 is 1.96 bits per heavy atom. The van der Waals surface area contributed by atoms with Gasteiger partial charge in [0.05, 0.1) is 17.4 Å². The molecule has 6 nitrogen and oxygen atoms in total. The number of rotatable bonds is 2. The summed E-state index contributed by atoms with van der Waals surface area (Å²) in [6.07, 6.45) is -0.297. The van der Waals surface area contributed by atoms with E-state index in [-0.39, 0.29) is 18.0 Å². The first-order valence-corrected chi connectivity index (χ1v) is 8.72. The number of likely N-dealkylation sites (N-methyl/N-ethyl adjacent to an activating group) is 1. The molecule has 1 aromatic carbocycles. The number of H-pyrrole nitrogens is 1. The largest absolute Gasteiger partial charge is 0.444 e. The van der Waals surface area contributed by atoms with Crippen molar-refractivity contribution in [3.05, 3.63) is 41.8 Å². The lowest BCUT2D eigenvalue weighted by Crippen LogP contribution is -2.50. The van der Waals surface area contributed by atoms with Crippen molar-refractivity contribution in [1.82, 2.24) is 20.0 Å². The van der Waals surface area contributed by atoms with E-state index in [0.717, 1.165) is 23.5 Å². The van der Waals surface area contributed by atoms with Crippen LogP contribution in [0.2, 0.25) is 0 Å². The first kappa shape index (κ1) is 18.4. The van der Waals surface area contributed by atoms with Crippen molar-refractivity contribution >= 4 is 6.09 Å². The summed E-state index contributed by atoms with van der Waals surface area (Å²) >= 11 is 0. The maximum absolute atomic E-state index is 13.1. The van der Waals surface area contributed by atoms with E-state index in [1.54, 1.807) is 17.0 Å². The summed E-state index contributed by atoms with van der Waals surface area (Å²) in [4.78, 5) is 16.3. The number of halogens is 1. The molecule has 2 heterocycles. The van der Waals surface area contributed by atoms with Gasteiger partial charge >= 0.3 is 6.09 Å². The Morgan fingerprint density at radius 3 is 2.62 bits per heavy atom. The normalized spacial score (nSPS) is 18.8. The highest BCUT2D eigenvalue weighted by Gasteiger charge is 2.32. The van der Waals surface area contributed by atoms with Crippen molar-refractivity contribution in [2.75, 3.05) is 26.7 Å². The topological polar surface area (TPSA) is 61.5 Å². The van der Waals surface area contributed by atoms with Gasteiger partial charge in [-0.3, -0.25) is 10.00 Å². The van der Waals surface area contributed by atoms with Crippen molar-refractivity contribution < 1.29 is 13.9 Å². The Hall–Kier alpha value is -2.41. The van der Waals surface area contributed by atoms with Crippen molar-refractivity contribution in [2.45, 2.75) is 32.4 Å². The highest BCUT2D eigenvalue weighted by molar-refractivity contribution is 5.68. The molecule has 2 aromatic rings. The molecule has 140 valence electrons. The van der Waals surface area contributed by atoms with E-state index in [1.165, 1.54) is 12.1 Å². The molecule has 1 unspecified atom stereocenters. The lowest BCUT2D eigenvalue weighted by atomic mass is 10.1. The smallest absolute Gasteiger partial charge is 0.410 e. The monoisotopic (exact) mass is 360 g/mol. The van der Waals surface area contributed by atoms with E-state index in [2.05, 4.69) is 15.1 Å². The summed E-state index contributed by atoms with van der Waals surface area (Å²) in [6.45, 7) is 7.49. The van der Waals surface area contributed by atoms with Crippen LogP contribution in [-0.4, -0.2) is 58.4 Å². The molecule has 1 N–H and O–H groups in total. The molecule has 0 spiro atoms. The SMILES string of the molecule is CN1CCN(C(=O)OC(C)(C)C)CC1c1cc(-c2ccc(F)cc2)n[nH]1. The average molecular weight is 360 g/mol. The molecule has 7 heteroatoms. The first-order chi connectivity index (χ1) is 12.2. The van der Waals surface area contributed by atoms with Crippen molar-refractivity contribution in [3.8, 4) is 11.3 Å². The molecule has 0 radical (unpaired) electrons. The van der Waals surface area contributed by atoms with Gasteiger partial charge in [-0.05, 0) is 58.2 Å². The van der Waals surface area contributed by atoms with E-state index in [4.69, 9.17) is 4.74 Å². The molecule has 1 amide bonds. The summed E-state index contributed by atoms with van der Waals surface area (Å²) in [5, 5.41) is 7.41. The molecular formula is C19H25FN4O2. The molecule has 1 aliphatic rings. The third-order valence-electron chi connectivity index (χ3n) is 4.40. The van der Waals surface area contributed by atoms with Gasteiger partial charge in [-0.2, -0.15) is 5.10 Å². The van der Waals surface area contributed by atoms with Gasteiger partial charge in [0, 0.05) is 25.2 Å². The Morgan fingerprint density at radius 1 is 1.27 bits per heavy atom. The highest BCUT2D eigenvalue weighted by Crippen LogP contribution is 2.27. The minimum absolute atomic E-state index is 0.00188. The van der Waals surface area contributed by atoms with Crippen LogP contribution in [0.5, 0.6) is 0 Å². The molecule has 1 saturated heterocycles. The highest BCUT2D eigenvalue weighted by atomic mass is 19.1. The molecule has 0 saturated carbocycles. The number of carbonyl (C=O) groups excluding carboxylic acids is 1. The van der Waals surface area contributed by atoms with Gasteiger partial charge in [0.25, 0.3) is 0 Å². The number of hydrogen-bond acceptors (Lipinski definition) is 4. The van der Waals surface area contributed by atoms with Gasteiger partial charge in [-0.15, -0.1) is 0 Å². The van der Waals surface area contributed by atoms with E-state index >= 15 is 0 Å². The lowest BCUT2D eigenvalue weighted by molar-refractivity contribution is 0.00699. The molecule has 0 aliphatic carbocycles. The van der Waals surface area contributed by atoms with Crippen molar-refractivity contribution in [3.63, 3.8) is 0 Å². The minimum atomic E-state index is -0.514. The lowest BCUT2D eigenvalue weighted by Gasteiger charge is -2.39. The zero-order chi connectivity index (χ0) is 18.9. The van der Waals surface area contributed by atoms with Crippen LogP contribution in [0.25, 0.3) is 11.3 Å². The zero-order valence-corrected chi connectivity index (χ0v) is 15.6. The molecule has 26 heavy (non-hydrogen) atoms. The molecule has 1 atom stereocenters. The third kappa shape index (κ3) is 4.22. The third-order valence-corrected chi connectivity index (χ3v) is 4.40. The van der Waals surface area contributed by atoms with E-state index in [1.807, 2.05) is 33.9 Å². The van der Waals surface area contributed by atoms with Gasteiger partial charge in [-0.1, -0.05) is 0 Å². The molecule has 1 fully saturated rings. The Balaban J connectivity index is 1.75. The van der Waals surface area contributed by atoms with Crippen molar-refractivity contribution in [2.24, 2.45) is 0 Å². The van der Waals surface area contributed by atoms with Crippen LogP contribution in [0.4, 0.5) is 9.18 Å². The van der Waals surface area contributed by atoms with Crippen LogP contribution < -0.4 is 0 Å². The molecular weight excluding hydrogens is 335 g/mol. The summed E-state index contributed by atoms with van der Waals surface area (Å²) in [6, 6.07) is 8.19. The predicted molar refractivity (Wildman–Crippen MR) is 97.2 cm³/mol. The van der Waals surface area contributed by atoms with Crippen LogP contribution in [0, 0.1) is 5.82 Å². The van der Waals surface area contributed by atoms with E-state index in [0.29, 0.717) is 13.1 Å². The number of hydrogen-bond donors (Lipinski definition) is 1. The average Bonchev–Trinajstić information content (AvgIpc) is 3.04. The Kier molecular flexibility index (Phi) is 5.00. The van der Waals surface area contributed by atoms with Crippen LogP contribution >= 0.6 is 0 Å². The molecule has 1 aromatic heterocycles. The molecule has 0 bridgehead atoms. The summed E-state index contributed by atoms with van der Waals surface area (Å²) < 4.78 is 18.6. The minimum Gasteiger partial charge on any atom is -0.444 e. The zero-order valence-electron chi connectivity index (χ0n) is 15.6. The maximum atomic E-state index is 13.1. The fourth-order valence-corrected chi connectivity index (χ4v) is 2.98. The van der Waals surface area contributed by atoms with Crippen LogP contribution in [-0.2, 0) is 4.74 Å². The van der Waals surface area contributed by atoms with Gasteiger partial charge in [-0.25, -0.2) is 9.18 Å². The molecule has 1 aliphatic heterocycles. The van der Waals surface area contributed by atoms with Crippen LogP contribution in [0.15, 0.2) is 30.3 Å². The summed E-state index contributed by atoms with van der Waals surface area (Å²) in [5.74, 6) is -0.274. The standard InChI is InChI=1S/C19H25FN4O2/c1-19(2,3)26-18(25)24-10-9-23(4)17(12-24)16-11-15(21-22-16)13-5-7-14(20)8-6-13/h5-8,11,17H,9-10,12H2,1-4H3,(H,21,22). The second kappa shape index (κ2) is 7.07. The number of nitrogens with one attached hydrogen (secondary N) is 1. The number of nitrogens with zero attached hydrogens (tertiary/aromatic N) is 3. The second-order valence-electron chi connectivity index (χ2n) is 7.64. The number of piperazine rings is 1.